The van der Waals surface area contributed by atoms with E-state index in [2.05, 4.69) is 10.5 Å². The minimum atomic E-state index is -0.974. The second-order valence-electron chi connectivity index (χ2n) is 4.02. The van der Waals surface area contributed by atoms with E-state index >= 15 is 0 Å². The van der Waals surface area contributed by atoms with Gasteiger partial charge in [0.2, 0.25) is 0 Å². The lowest BCUT2D eigenvalue weighted by atomic mass is 10.1. The van der Waals surface area contributed by atoms with Crippen molar-refractivity contribution >= 4 is 29.4 Å². The van der Waals surface area contributed by atoms with Crippen molar-refractivity contribution in [2.75, 3.05) is 0 Å². The first-order valence-corrected chi connectivity index (χ1v) is 6.62. The van der Waals surface area contributed by atoms with Crippen molar-refractivity contribution in [1.82, 2.24) is 5.43 Å². The molecule has 0 aliphatic heterocycles. The van der Waals surface area contributed by atoms with Crippen LogP contribution in [0.4, 0.5) is 0 Å². The maximum atomic E-state index is 11.9. The fourth-order valence-electron chi connectivity index (χ4n) is 1.58. The first kappa shape index (κ1) is 14.0. The molecular formula is C14H12N2O3S. The molecule has 1 aromatic carbocycles. The highest BCUT2D eigenvalue weighted by Crippen LogP contribution is 2.14. The van der Waals surface area contributed by atoms with E-state index in [1.165, 1.54) is 12.3 Å². The predicted molar refractivity (Wildman–Crippen MR) is 77.5 cm³/mol. The zero-order valence-corrected chi connectivity index (χ0v) is 11.5. The number of carboxylic acid groups (broad SMARTS) is 1. The van der Waals surface area contributed by atoms with Crippen LogP contribution in [-0.2, 0) is 0 Å². The number of carbonyl (C=O) groups excluding carboxylic acids is 1. The van der Waals surface area contributed by atoms with Crippen LogP contribution >= 0.6 is 11.3 Å². The highest BCUT2D eigenvalue weighted by molar-refractivity contribution is 7.15. The number of aryl methyl sites for hydroxylation is 1. The molecule has 0 saturated heterocycles. The second kappa shape index (κ2) is 6.12. The number of benzene rings is 1. The van der Waals surface area contributed by atoms with E-state index < -0.39 is 5.97 Å². The number of hydrogen-bond donors (Lipinski definition) is 2. The first-order chi connectivity index (χ1) is 9.58. The number of hydrazone groups is 1. The van der Waals surface area contributed by atoms with E-state index in [-0.39, 0.29) is 10.8 Å². The lowest BCUT2D eigenvalue weighted by Crippen LogP contribution is -2.18. The van der Waals surface area contributed by atoms with Gasteiger partial charge in [0.15, 0.2) is 0 Å². The molecule has 1 amide bonds. The normalized spacial score (nSPS) is 10.7. The molecule has 1 heterocycles. The van der Waals surface area contributed by atoms with Gasteiger partial charge in [-0.05, 0) is 30.7 Å². The molecule has 0 bridgehead atoms. The minimum Gasteiger partial charge on any atom is -0.477 e. The van der Waals surface area contributed by atoms with Crippen LogP contribution in [0.15, 0.2) is 41.5 Å². The molecule has 5 nitrogen and oxygen atoms in total. The van der Waals surface area contributed by atoms with Crippen molar-refractivity contribution in [2.24, 2.45) is 5.10 Å². The van der Waals surface area contributed by atoms with Crippen LogP contribution < -0.4 is 5.43 Å². The lowest BCUT2D eigenvalue weighted by molar-refractivity contribution is 0.0702. The topological polar surface area (TPSA) is 78.8 Å². The summed E-state index contributed by atoms with van der Waals surface area (Å²) >= 11 is 1.09. The minimum absolute atomic E-state index is 0.233. The van der Waals surface area contributed by atoms with E-state index in [4.69, 9.17) is 5.11 Å². The van der Waals surface area contributed by atoms with E-state index in [0.717, 1.165) is 16.9 Å². The third-order valence-electron chi connectivity index (χ3n) is 2.59. The van der Waals surface area contributed by atoms with Gasteiger partial charge in [-0.3, -0.25) is 4.79 Å². The Morgan fingerprint density at radius 1 is 1.25 bits per heavy atom. The van der Waals surface area contributed by atoms with Crippen molar-refractivity contribution in [3.05, 3.63) is 57.3 Å². The fourth-order valence-corrected chi connectivity index (χ4v) is 2.30. The van der Waals surface area contributed by atoms with Gasteiger partial charge in [0.05, 0.1) is 6.21 Å². The summed E-state index contributed by atoms with van der Waals surface area (Å²) in [4.78, 5) is 23.5. The van der Waals surface area contributed by atoms with Gasteiger partial charge in [0, 0.05) is 10.4 Å². The number of amides is 1. The van der Waals surface area contributed by atoms with Crippen molar-refractivity contribution in [2.45, 2.75) is 6.92 Å². The van der Waals surface area contributed by atoms with Crippen LogP contribution in [0.2, 0.25) is 0 Å². The highest BCUT2D eigenvalue weighted by Gasteiger charge is 2.07. The average molecular weight is 288 g/mol. The standard InChI is InChI=1S/C14H12N2O3S/c1-9-4-2-3-5-11(9)13(17)16-15-8-10-6-7-12(20-10)14(18)19/h2-8H,1H3,(H,16,17)(H,18,19). The summed E-state index contributed by atoms with van der Waals surface area (Å²) in [5.41, 5.74) is 3.84. The Kier molecular flexibility index (Phi) is 4.27. The molecule has 2 aromatic rings. The molecule has 0 saturated carbocycles. The summed E-state index contributed by atoms with van der Waals surface area (Å²) in [7, 11) is 0. The molecule has 102 valence electrons. The molecule has 2 rings (SSSR count). The molecular weight excluding hydrogens is 276 g/mol. The number of nitrogens with zero attached hydrogens (tertiary/aromatic N) is 1. The monoisotopic (exact) mass is 288 g/mol. The summed E-state index contributed by atoms with van der Waals surface area (Å²) < 4.78 is 0. The number of thiophene rings is 1. The van der Waals surface area contributed by atoms with Crippen LogP contribution in [-0.4, -0.2) is 23.2 Å². The molecule has 0 aliphatic carbocycles. The molecule has 0 fully saturated rings. The number of carboxylic acids is 1. The quantitative estimate of drug-likeness (QED) is 0.670. The Hall–Kier alpha value is -2.47. The number of aromatic carboxylic acids is 1. The Bertz CT molecular complexity index is 677. The van der Waals surface area contributed by atoms with Crippen LogP contribution in [0.3, 0.4) is 0 Å². The smallest absolute Gasteiger partial charge is 0.345 e. The van der Waals surface area contributed by atoms with E-state index in [0.29, 0.717) is 10.4 Å². The molecule has 0 atom stereocenters. The summed E-state index contributed by atoms with van der Waals surface area (Å²) in [6.45, 7) is 1.84. The SMILES string of the molecule is Cc1ccccc1C(=O)NN=Cc1ccc(C(=O)O)s1. The van der Waals surface area contributed by atoms with E-state index in [1.807, 2.05) is 19.1 Å². The van der Waals surface area contributed by atoms with E-state index in [1.54, 1.807) is 18.2 Å². The van der Waals surface area contributed by atoms with Gasteiger partial charge in [-0.1, -0.05) is 18.2 Å². The summed E-state index contributed by atoms with van der Waals surface area (Å²) in [6.07, 6.45) is 1.42. The molecule has 1 aromatic heterocycles. The largest absolute Gasteiger partial charge is 0.477 e. The van der Waals surface area contributed by atoms with Gasteiger partial charge in [-0.2, -0.15) is 5.10 Å². The molecule has 20 heavy (non-hydrogen) atoms. The number of rotatable bonds is 4. The van der Waals surface area contributed by atoms with Crippen LogP contribution in [0.25, 0.3) is 0 Å². The average Bonchev–Trinajstić information content (AvgIpc) is 2.88. The molecule has 6 heteroatoms. The highest BCUT2D eigenvalue weighted by atomic mass is 32.1. The lowest BCUT2D eigenvalue weighted by Gasteiger charge is -2.02. The van der Waals surface area contributed by atoms with E-state index in [9.17, 15) is 9.59 Å². The predicted octanol–water partition coefficient (Wildman–Crippen LogP) is 2.52. The maximum absolute atomic E-state index is 11.9. The fraction of sp³-hybridized carbons (Fsp3) is 0.0714. The van der Waals surface area contributed by atoms with Gasteiger partial charge >= 0.3 is 5.97 Å². The zero-order valence-electron chi connectivity index (χ0n) is 10.7. The van der Waals surface area contributed by atoms with Gasteiger partial charge in [0.25, 0.3) is 5.91 Å². The van der Waals surface area contributed by atoms with Crippen molar-refractivity contribution in [1.29, 1.82) is 0 Å². The molecule has 0 aliphatic rings. The van der Waals surface area contributed by atoms with Gasteiger partial charge in [0.1, 0.15) is 4.88 Å². The van der Waals surface area contributed by atoms with Gasteiger partial charge in [-0.15, -0.1) is 11.3 Å². The Morgan fingerprint density at radius 3 is 2.65 bits per heavy atom. The van der Waals surface area contributed by atoms with Crippen molar-refractivity contribution < 1.29 is 14.7 Å². The van der Waals surface area contributed by atoms with Crippen molar-refractivity contribution in [3.63, 3.8) is 0 Å². The summed E-state index contributed by atoms with van der Waals surface area (Å²) in [6, 6.07) is 10.3. The van der Waals surface area contributed by atoms with Crippen LogP contribution in [0.5, 0.6) is 0 Å². The van der Waals surface area contributed by atoms with Crippen molar-refractivity contribution in [3.8, 4) is 0 Å². The molecule has 0 unspecified atom stereocenters. The first-order valence-electron chi connectivity index (χ1n) is 5.80. The van der Waals surface area contributed by atoms with Gasteiger partial charge < -0.3 is 5.11 Å². The molecule has 0 spiro atoms. The van der Waals surface area contributed by atoms with Crippen LogP contribution in [0.1, 0.15) is 30.5 Å². The second-order valence-corrected chi connectivity index (χ2v) is 5.14. The third-order valence-corrected chi connectivity index (χ3v) is 3.59. The maximum Gasteiger partial charge on any atom is 0.345 e. The summed E-state index contributed by atoms with van der Waals surface area (Å²) in [5, 5.41) is 12.6. The Balaban J connectivity index is 2.01. The zero-order chi connectivity index (χ0) is 14.5. The number of carbonyl (C=O) groups is 2. The van der Waals surface area contributed by atoms with Crippen LogP contribution in [0, 0.1) is 6.92 Å². The summed E-state index contributed by atoms with van der Waals surface area (Å²) in [5.74, 6) is -1.27. The number of hydrogen-bond acceptors (Lipinski definition) is 4. The van der Waals surface area contributed by atoms with Gasteiger partial charge in [-0.25, -0.2) is 10.2 Å². The number of nitrogens with one attached hydrogen (secondary N) is 1. The molecule has 2 N–H and O–H groups in total. The Labute approximate surface area is 119 Å². The Morgan fingerprint density at radius 2 is 2.00 bits per heavy atom. The molecule has 0 radical (unpaired) electrons. The third kappa shape index (κ3) is 3.30.